The molecule has 2 aromatic carbocycles. The second-order valence-corrected chi connectivity index (χ2v) is 10.3. The predicted octanol–water partition coefficient (Wildman–Crippen LogP) is 3.40. The van der Waals surface area contributed by atoms with E-state index >= 15 is 0 Å². The molecule has 4 aromatic rings. The van der Waals surface area contributed by atoms with Gasteiger partial charge in [0.25, 0.3) is 11.5 Å². The summed E-state index contributed by atoms with van der Waals surface area (Å²) >= 11 is 0. The highest BCUT2D eigenvalue weighted by molar-refractivity contribution is 7.89. The molecule has 10 heteroatoms. The van der Waals surface area contributed by atoms with Gasteiger partial charge in [0.05, 0.1) is 10.6 Å². The summed E-state index contributed by atoms with van der Waals surface area (Å²) in [5, 5.41) is 8.45. The average molecular weight is 481 g/mol. The van der Waals surface area contributed by atoms with Crippen molar-refractivity contribution in [2.24, 2.45) is 5.14 Å². The van der Waals surface area contributed by atoms with Crippen LogP contribution in [0.25, 0.3) is 16.7 Å². The zero-order valence-electron chi connectivity index (χ0n) is 18.8. The molecule has 9 nitrogen and oxygen atoms in total. The first-order chi connectivity index (χ1) is 15.9. The Bertz CT molecular complexity index is 1550. The van der Waals surface area contributed by atoms with Crippen molar-refractivity contribution in [3.8, 4) is 11.4 Å². The van der Waals surface area contributed by atoms with Crippen LogP contribution in [-0.4, -0.2) is 29.5 Å². The summed E-state index contributed by atoms with van der Waals surface area (Å²) in [4.78, 5) is 28.4. The van der Waals surface area contributed by atoms with E-state index < -0.39 is 15.9 Å². The fourth-order valence-corrected chi connectivity index (χ4v) is 4.02. The van der Waals surface area contributed by atoms with Crippen molar-refractivity contribution in [2.45, 2.75) is 31.3 Å². The number of ether oxygens (including phenoxy) is 1. The van der Waals surface area contributed by atoms with Gasteiger partial charge in [0.2, 0.25) is 10.0 Å². The summed E-state index contributed by atoms with van der Waals surface area (Å²) in [5.74, 6) is 0.167. The van der Waals surface area contributed by atoms with Crippen LogP contribution in [-0.2, 0) is 10.0 Å². The smallest absolute Gasteiger partial charge is 0.272 e. The van der Waals surface area contributed by atoms with Crippen LogP contribution in [0.2, 0.25) is 0 Å². The van der Waals surface area contributed by atoms with Gasteiger partial charge in [-0.1, -0.05) is 6.07 Å². The molecule has 4 rings (SSSR count). The van der Waals surface area contributed by atoms with Crippen molar-refractivity contribution in [2.75, 3.05) is 5.32 Å². The van der Waals surface area contributed by atoms with E-state index in [1.165, 1.54) is 28.8 Å². The number of sulfonamides is 1. The van der Waals surface area contributed by atoms with E-state index in [1.54, 1.807) is 42.5 Å². The number of aromatic nitrogens is 2. The lowest BCUT2D eigenvalue weighted by Gasteiger charge is -2.21. The normalized spacial score (nSPS) is 12.0. The third kappa shape index (κ3) is 5.03. The van der Waals surface area contributed by atoms with Gasteiger partial charge in [-0.3, -0.25) is 14.2 Å². The molecule has 176 valence electrons. The van der Waals surface area contributed by atoms with Crippen LogP contribution in [0.1, 0.15) is 31.3 Å². The number of aromatic amines is 1. The first kappa shape index (κ1) is 23.3. The van der Waals surface area contributed by atoms with Crippen molar-refractivity contribution in [1.29, 1.82) is 0 Å². The van der Waals surface area contributed by atoms with Crippen LogP contribution in [0.4, 0.5) is 5.69 Å². The number of benzene rings is 2. The molecule has 1 amide bonds. The largest absolute Gasteiger partial charge is 0.488 e. The van der Waals surface area contributed by atoms with E-state index in [2.05, 4.69) is 10.3 Å². The molecule has 0 spiro atoms. The number of fused-ring (bicyclic) bond motifs is 1. The molecule has 0 saturated carbocycles. The summed E-state index contributed by atoms with van der Waals surface area (Å²) in [7, 11) is -3.91. The van der Waals surface area contributed by atoms with Crippen LogP contribution in [0.15, 0.2) is 76.4 Å². The van der Waals surface area contributed by atoms with E-state index in [4.69, 9.17) is 9.88 Å². The molecule has 0 aliphatic heterocycles. The monoisotopic (exact) mass is 480 g/mol. The summed E-state index contributed by atoms with van der Waals surface area (Å²) < 4.78 is 30.4. The number of nitrogens with zero attached hydrogens (tertiary/aromatic N) is 1. The second-order valence-electron chi connectivity index (χ2n) is 8.73. The third-order valence-electron chi connectivity index (χ3n) is 4.86. The number of carbonyl (C=O) groups is 1. The molecular weight excluding hydrogens is 456 g/mol. The molecule has 4 N–H and O–H groups in total. The molecule has 0 fully saturated rings. The Hall–Kier alpha value is -3.89. The van der Waals surface area contributed by atoms with Gasteiger partial charge in [-0.2, -0.15) is 0 Å². The molecule has 2 aromatic heterocycles. The molecule has 0 radical (unpaired) electrons. The zero-order valence-corrected chi connectivity index (χ0v) is 19.6. The van der Waals surface area contributed by atoms with Crippen molar-refractivity contribution >= 4 is 32.7 Å². The minimum absolute atomic E-state index is 0.116. The number of nitrogens with two attached hydrogens (primary N) is 1. The van der Waals surface area contributed by atoms with Gasteiger partial charge in [0.15, 0.2) is 0 Å². The Morgan fingerprint density at radius 3 is 2.38 bits per heavy atom. The minimum atomic E-state index is -3.91. The Morgan fingerprint density at radius 2 is 1.74 bits per heavy atom. The standard InChI is InChI=1S/C24H24N4O5S/c1-24(2,3)33-18-10-8-17(9-11-18)28-21(29)12-7-15-13-20(27-22(15)28)23(30)26-16-5-4-6-19(14-16)34(25,31)32/h4-14,27H,1-3H3,(H,26,30)(H2,25,31,32). The number of rotatable bonds is 5. The Labute approximate surface area is 196 Å². The number of H-pyrrole nitrogens is 1. The van der Waals surface area contributed by atoms with Crippen molar-refractivity contribution in [3.05, 3.63) is 82.8 Å². The van der Waals surface area contributed by atoms with E-state index in [9.17, 15) is 18.0 Å². The van der Waals surface area contributed by atoms with Crippen LogP contribution in [0, 0.1) is 0 Å². The summed E-state index contributed by atoms with van der Waals surface area (Å²) in [6, 6.07) is 17.4. The van der Waals surface area contributed by atoms with Crippen molar-refractivity contribution in [1.82, 2.24) is 9.55 Å². The quantitative estimate of drug-likeness (QED) is 0.402. The van der Waals surface area contributed by atoms with E-state index in [0.29, 0.717) is 22.5 Å². The highest BCUT2D eigenvalue weighted by Crippen LogP contribution is 2.23. The number of primary sulfonamides is 1. The Balaban J connectivity index is 1.67. The molecule has 0 bridgehead atoms. The lowest BCUT2D eigenvalue weighted by Crippen LogP contribution is -2.23. The first-order valence-corrected chi connectivity index (χ1v) is 11.9. The SMILES string of the molecule is CC(C)(C)Oc1ccc(-n2c(=O)ccc3cc(C(=O)Nc4cccc(S(N)(=O)=O)c4)[nH]c32)cc1. The molecule has 0 saturated heterocycles. The van der Waals surface area contributed by atoms with Gasteiger partial charge in [-0.05, 0) is 75.4 Å². The number of amides is 1. The van der Waals surface area contributed by atoms with Crippen LogP contribution in [0.5, 0.6) is 5.75 Å². The van der Waals surface area contributed by atoms with E-state index in [1.807, 2.05) is 20.8 Å². The van der Waals surface area contributed by atoms with Crippen LogP contribution >= 0.6 is 0 Å². The number of carbonyl (C=O) groups excluding carboxylic acids is 1. The maximum absolute atomic E-state index is 12.8. The van der Waals surface area contributed by atoms with Gasteiger partial charge >= 0.3 is 0 Å². The zero-order chi connectivity index (χ0) is 24.7. The van der Waals surface area contributed by atoms with Crippen LogP contribution in [0.3, 0.4) is 0 Å². The fourth-order valence-electron chi connectivity index (χ4n) is 3.46. The summed E-state index contributed by atoms with van der Waals surface area (Å²) in [5.41, 5.74) is 0.886. The lowest BCUT2D eigenvalue weighted by molar-refractivity contribution is 0.102. The number of hydrogen-bond donors (Lipinski definition) is 3. The molecule has 0 aliphatic carbocycles. The maximum Gasteiger partial charge on any atom is 0.272 e. The molecule has 0 aliphatic rings. The molecular formula is C24H24N4O5S. The van der Waals surface area contributed by atoms with Gasteiger partial charge in [-0.15, -0.1) is 0 Å². The number of hydrogen-bond acceptors (Lipinski definition) is 5. The van der Waals surface area contributed by atoms with E-state index in [0.717, 1.165) is 0 Å². The third-order valence-corrected chi connectivity index (χ3v) is 5.77. The van der Waals surface area contributed by atoms with Crippen molar-refractivity contribution < 1.29 is 17.9 Å². The van der Waals surface area contributed by atoms with Gasteiger partial charge in [0.1, 0.15) is 22.7 Å². The predicted molar refractivity (Wildman–Crippen MR) is 130 cm³/mol. The minimum Gasteiger partial charge on any atom is -0.488 e. The lowest BCUT2D eigenvalue weighted by atomic mass is 10.2. The highest BCUT2D eigenvalue weighted by Gasteiger charge is 2.16. The van der Waals surface area contributed by atoms with Gasteiger partial charge in [-0.25, -0.2) is 13.6 Å². The van der Waals surface area contributed by atoms with Gasteiger partial charge < -0.3 is 15.0 Å². The fraction of sp³-hybridized carbons (Fsp3) is 0.167. The van der Waals surface area contributed by atoms with Crippen molar-refractivity contribution in [3.63, 3.8) is 0 Å². The topological polar surface area (TPSA) is 136 Å². The maximum atomic E-state index is 12.8. The number of pyridine rings is 1. The van der Waals surface area contributed by atoms with E-state index in [-0.39, 0.29) is 27.4 Å². The molecule has 0 atom stereocenters. The Kier molecular flexibility index (Phi) is 5.80. The molecule has 34 heavy (non-hydrogen) atoms. The van der Waals surface area contributed by atoms with Gasteiger partial charge in [0, 0.05) is 17.1 Å². The number of nitrogens with one attached hydrogen (secondary N) is 2. The van der Waals surface area contributed by atoms with Crippen LogP contribution < -0.4 is 20.8 Å². The highest BCUT2D eigenvalue weighted by atomic mass is 32.2. The Morgan fingerprint density at radius 1 is 1.03 bits per heavy atom. The molecule has 2 heterocycles. The molecule has 0 unspecified atom stereocenters. The second kappa shape index (κ2) is 8.47. The summed E-state index contributed by atoms with van der Waals surface area (Å²) in [6.07, 6.45) is 0. The number of anilines is 1. The summed E-state index contributed by atoms with van der Waals surface area (Å²) in [6.45, 7) is 5.84. The first-order valence-electron chi connectivity index (χ1n) is 10.4. The average Bonchev–Trinajstić information content (AvgIpc) is 3.17.